The van der Waals surface area contributed by atoms with E-state index in [-0.39, 0.29) is 5.54 Å². The molecule has 8 heavy (non-hydrogen) atoms. The standard InChI is InChI=1S/C6H14N2/c1-4-5(7)3-6(4,2)8/h4-5H,3,7-8H2,1-2H3. The molecule has 4 N–H and O–H groups in total. The van der Waals surface area contributed by atoms with Gasteiger partial charge in [-0.2, -0.15) is 0 Å². The smallest absolute Gasteiger partial charge is 0.0181 e. The summed E-state index contributed by atoms with van der Waals surface area (Å²) < 4.78 is 0. The van der Waals surface area contributed by atoms with Gasteiger partial charge < -0.3 is 11.5 Å². The molecule has 0 heterocycles. The normalized spacial score (nSPS) is 55.5. The first kappa shape index (κ1) is 6.05. The highest BCUT2D eigenvalue weighted by Crippen LogP contribution is 2.33. The van der Waals surface area contributed by atoms with Crippen LogP contribution in [0.1, 0.15) is 20.3 Å². The Balaban J connectivity index is 2.47. The van der Waals surface area contributed by atoms with E-state index in [2.05, 4.69) is 13.8 Å². The second-order valence-electron chi connectivity index (χ2n) is 3.16. The summed E-state index contributed by atoms with van der Waals surface area (Å²) in [6, 6.07) is 0.352. The van der Waals surface area contributed by atoms with Crippen LogP contribution in [0.4, 0.5) is 0 Å². The average Bonchev–Trinajstić information content (AvgIpc) is 1.65. The summed E-state index contributed by atoms with van der Waals surface area (Å²) in [5.41, 5.74) is 11.4. The van der Waals surface area contributed by atoms with Crippen LogP contribution in [0, 0.1) is 5.92 Å². The number of hydrogen-bond donors (Lipinski definition) is 2. The fraction of sp³-hybridized carbons (Fsp3) is 1.00. The van der Waals surface area contributed by atoms with Gasteiger partial charge in [0.2, 0.25) is 0 Å². The van der Waals surface area contributed by atoms with Gasteiger partial charge in [0.05, 0.1) is 0 Å². The molecule has 1 saturated carbocycles. The summed E-state index contributed by atoms with van der Waals surface area (Å²) in [5, 5.41) is 0. The van der Waals surface area contributed by atoms with Crippen molar-refractivity contribution in [3.63, 3.8) is 0 Å². The van der Waals surface area contributed by atoms with Crippen LogP contribution in [0.2, 0.25) is 0 Å². The summed E-state index contributed by atoms with van der Waals surface area (Å²) in [6.45, 7) is 4.16. The maximum absolute atomic E-state index is 5.78. The summed E-state index contributed by atoms with van der Waals surface area (Å²) in [7, 11) is 0. The third kappa shape index (κ3) is 0.644. The maximum atomic E-state index is 5.78. The van der Waals surface area contributed by atoms with Gasteiger partial charge in [-0.1, -0.05) is 6.92 Å². The zero-order chi connectivity index (χ0) is 6.36. The topological polar surface area (TPSA) is 52.0 Å². The Bertz CT molecular complexity index is 98.7. The van der Waals surface area contributed by atoms with Crippen molar-refractivity contribution in [3.05, 3.63) is 0 Å². The predicted molar refractivity (Wildman–Crippen MR) is 34.3 cm³/mol. The highest BCUT2D eigenvalue weighted by molar-refractivity contribution is 5.02. The zero-order valence-corrected chi connectivity index (χ0v) is 5.52. The lowest BCUT2D eigenvalue weighted by molar-refractivity contribution is 0.128. The molecule has 0 bridgehead atoms. The van der Waals surface area contributed by atoms with Gasteiger partial charge in [0, 0.05) is 11.6 Å². The highest BCUT2D eigenvalue weighted by Gasteiger charge is 2.42. The average molecular weight is 114 g/mol. The molecular weight excluding hydrogens is 100 g/mol. The van der Waals surface area contributed by atoms with Crippen molar-refractivity contribution in [2.45, 2.75) is 31.8 Å². The second-order valence-corrected chi connectivity index (χ2v) is 3.16. The van der Waals surface area contributed by atoms with Crippen LogP contribution in [-0.2, 0) is 0 Å². The lowest BCUT2D eigenvalue weighted by Crippen LogP contribution is -2.63. The van der Waals surface area contributed by atoms with Crippen LogP contribution >= 0.6 is 0 Å². The monoisotopic (exact) mass is 114 g/mol. The first-order valence-electron chi connectivity index (χ1n) is 3.08. The molecule has 1 aliphatic carbocycles. The first-order chi connectivity index (χ1) is 3.54. The van der Waals surface area contributed by atoms with Crippen molar-refractivity contribution in [2.24, 2.45) is 17.4 Å². The molecule has 1 rings (SSSR count). The van der Waals surface area contributed by atoms with Gasteiger partial charge in [-0.3, -0.25) is 0 Å². The minimum Gasteiger partial charge on any atom is -0.327 e. The van der Waals surface area contributed by atoms with Crippen molar-refractivity contribution in [2.75, 3.05) is 0 Å². The van der Waals surface area contributed by atoms with E-state index < -0.39 is 0 Å². The largest absolute Gasteiger partial charge is 0.327 e. The van der Waals surface area contributed by atoms with E-state index in [4.69, 9.17) is 11.5 Å². The lowest BCUT2D eigenvalue weighted by atomic mass is 9.66. The Kier molecular flexibility index (Phi) is 1.10. The Morgan fingerprint density at radius 3 is 2.12 bits per heavy atom. The molecular formula is C6H14N2. The van der Waals surface area contributed by atoms with Crippen molar-refractivity contribution in [1.29, 1.82) is 0 Å². The Morgan fingerprint density at radius 1 is 1.62 bits per heavy atom. The molecule has 1 fully saturated rings. The molecule has 0 aromatic carbocycles. The lowest BCUT2D eigenvalue weighted by Gasteiger charge is -2.47. The molecule has 0 saturated heterocycles. The fourth-order valence-electron chi connectivity index (χ4n) is 1.20. The molecule has 3 unspecified atom stereocenters. The Hall–Kier alpha value is -0.0800. The molecule has 2 nitrogen and oxygen atoms in total. The van der Waals surface area contributed by atoms with Crippen LogP contribution in [0.25, 0.3) is 0 Å². The molecule has 0 aliphatic heterocycles. The van der Waals surface area contributed by atoms with Gasteiger partial charge in [0.15, 0.2) is 0 Å². The first-order valence-corrected chi connectivity index (χ1v) is 3.08. The van der Waals surface area contributed by atoms with E-state index in [1.807, 2.05) is 0 Å². The van der Waals surface area contributed by atoms with Crippen molar-refractivity contribution in [1.82, 2.24) is 0 Å². The molecule has 0 amide bonds. The van der Waals surface area contributed by atoms with E-state index >= 15 is 0 Å². The third-order valence-electron chi connectivity index (χ3n) is 2.36. The fourth-order valence-corrected chi connectivity index (χ4v) is 1.20. The molecule has 1 aliphatic rings. The molecule has 0 radical (unpaired) electrons. The SMILES string of the molecule is CC1C(N)CC1(C)N. The molecule has 0 aromatic heterocycles. The second kappa shape index (κ2) is 1.45. The van der Waals surface area contributed by atoms with Crippen LogP contribution in [0.15, 0.2) is 0 Å². The Labute approximate surface area is 50.2 Å². The quantitative estimate of drug-likeness (QED) is 0.468. The molecule has 48 valence electrons. The van der Waals surface area contributed by atoms with E-state index in [0.29, 0.717) is 12.0 Å². The van der Waals surface area contributed by atoms with Crippen molar-refractivity contribution in [3.8, 4) is 0 Å². The Morgan fingerprint density at radius 2 is 2.12 bits per heavy atom. The maximum Gasteiger partial charge on any atom is 0.0181 e. The van der Waals surface area contributed by atoms with Gasteiger partial charge in [0.1, 0.15) is 0 Å². The summed E-state index contributed by atoms with van der Waals surface area (Å²) in [5.74, 6) is 0.502. The van der Waals surface area contributed by atoms with Crippen molar-refractivity contribution >= 4 is 0 Å². The van der Waals surface area contributed by atoms with Gasteiger partial charge in [0.25, 0.3) is 0 Å². The number of nitrogens with two attached hydrogens (primary N) is 2. The highest BCUT2D eigenvalue weighted by atomic mass is 14.9. The summed E-state index contributed by atoms with van der Waals surface area (Å²) in [6.07, 6.45) is 0.980. The van der Waals surface area contributed by atoms with E-state index in [1.54, 1.807) is 0 Å². The van der Waals surface area contributed by atoms with Crippen LogP contribution in [0.3, 0.4) is 0 Å². The zero-order valence-electron chi connectivity index (χ0n) is 5.52. The van der Waals surface area contributed by atoms with Crippen molar-refractivity contribution < 1.29 is 0 Å². The molecule has 3 atom stereocenters. The molecule has 0 aromatic rings. The van der Waals surface area contributed by atoms with E-state index in [0.717, 1.165) is 6.42 Å². The van der Waals surface area contributed by atoms with E-state index in [9.17, 15) is 0 Å². The molecule has 2 heteroatoms. The number of hydrogen-bond acceptors (Lipinski definition) is 2. The van der Waals surface area contributed by atoms with Crippen LogP contribution in [-0.4, -0.2) is 11.6 Å². The van der Waals surface area contributed by atoms with Crippen LogP contribution in [0.5, 0.6) is 0 Å². The summed E-state index contributed by atoms with van der Waals surface area (Å²) in [4.78, 5) is 0. The van der Waals surface area contributed by atoms with Gasteiger partial charge >= 0.3 is 0 Å². The predicted octanol–water partition coefficient (Wildman–Crippen LogP) is 0.0709. The van der Waals surface area contributed by atoms with Gasteiger partial charge in [-0.15, -0.1) is 0 Å². The van der Waals surface area contributed by atoms with Gasteiger partial charge in [-0.25, -0.2) is 0 Å². The van der Waals surface area contributed by atoms with E-state index in [1.165, 1.54) is 0 Å². The minimum absolute atomic E-state index is 0.0272. The van der Waals surface area contributed by atoms with Crippen LogP contribution < -0.4 is 11.5 Å². The molecule has 0 spiro atoms. The van der Waals surface area contributed by atoms with Gasteiger partial charge in [-0.05, 0) is 19.3 Å². The minimum atomic E-state index is 0.0272. The number of rotatable bonds is 0. The summed E-state index contributed by atoms with van der Waals surface area (Å²) >= 11 is 0. The third-order valence-corrected chi connectivity index (χ3v) is 2.36.